The van der Waals surface area contributed by atoms with Crippen molar-refractivity contribution in [3.63, 3.8) is 0 Å². The number of rotatable bonds is 5. The number of benzene rings is 2. The van der Waals surface area contributed by atoms with Crippen LogP contribution in [-0.2, 0) is 4.79 Å². The van der Waals surface area contributed by atoms with E-state index in [1.165, 1.54) is 0 Å². The molecular formula is C27H27N3O3. The number of nitrogens with zero attached hydrogens (tertiary/aromatic N) is 1. The highest BCUT2D eigenvalue weighted by Crippen LogP contribution is 2.45. The van der Waals surface area contributed by atoms with E-state index in [1.807, 2.05) is 61.5 Å². The van der Waals surface area contributed by atoms with E-state index >= 15 is 0 Å². The van der Waals surface area contributed by atoms with Crippen molar-refractivity contribution in [1.29, 1.82) is 0 Å². The summed E-state index contributed by atoms with van der Waals surface area (Å²) in [5.41, 5.74) is 5.79. The number of allylic oxidation sites excluding steroid dienone is 1. The molecule has 1 aliphatic carbocycles. The number of nitrogens with one attached hydrogen (secondary N) is 2. The molecule has 2 heterocycles. The molecule has 2 unspecified atom stereocenters. The van der Waals surface area contributed by atoms with E-state index in [9.17, 15) is 4.79 Å². The highest BCUT2D eigenvalue weighted by atomic mass is 16.5. The fraction of sp³-hybridized carbons (Fsp3) is 0.259. The van der Waals surface area contributed by atoms with Gasteiger partial charge in [-0.05, 0) is 66.8 Å². The molecule has 2 atom stereocenters. The first kappa shape index (κ1) is 21.1. The van der Waals surface area contributed by atoms with Gasteiger partial charge in [0.25, 0.3) is 0 Å². The normalized spacial score (nSPS) is 19.5. The standard InChI is InChI=1S/C27H27N3O3/c1-3-33-24-9-8-18(16-25(24)32-2)19-14-22-26(23(31)15-19)27(17-10-12-28-13-11-17)30-21-7-5-4-6-20(21)29-22/h4-13,16,19,27,29-30H,3,14-15H2,1-2H3. The molecule has 6 heteroatoms. The van der Waals surface area contributed by atoms with Gasteiger partial charge in [0, 0.05) is 30.1 Å². The summed E-state index contributed by atoms with van der Waals surface area (Å²) in [6, 6.07) is 17.7. The van der Waals surface area contributed by atoms with Crippen LogP contribution in [0.25, 0.3) is 0 Å². The molecule has 5 rings (SSSR count). The van der Waals surface area contributed by atoms with Gasteiger partial charge in [-0.15, -0.1) is 0 Å². The molecule has 0 radical (unpaired) electrons. The quantitative estimate of drug-likeness (QED) is 0.547. The monoisotopic (exact) mass is 441 g/mol. The number of methoxy groups -OCH3 is 1. The first-order valence-electron chi connectivity index (χ1n) is 11.3. The van der Waals surface area contributed by atoms with Gasteiger partial charge >= 0.3 is 0 Å². The second-order valence-corrected chi connectivity index (χ2v) is 8.29. The van der Waals surface area contributed by atoms with Crippen molar-refractivity contribution in [2.45, 2.75) is 31.7 Å². The SMILES string of the molecule is CCOc1ccc(C2CC(=O)C3=C(C2)Nc2ccccc2NC3c2ccncc2)cc1OC. The molecule has 0 spiro atoms. The van der Waals surface area contributed by atoms with Gasteiger partial charge in [0.05, 0.1) is 31.1 Å². The molecule has 33 heavy (non-hydrogen) atoms. The Balaban J connectivity index is 1.55. The summed E-state index contributed by atoms with van der Waals surface area (Å²) in [7, 11) is 1.64. The molecule has 3 aromatic rings. The van der Waals surface area contributed by atoms with Crippen LogP contribution in [0.5, 0.6) is 11.5 Å². The highest BCUT2D eigenvalue weighted by Gasteiger charge is 2.36. The second kappa shape index (κ2) is 8.98. The maximum atomic E-state index is 13.6. The Morgan fingerprint density at radius 3 is 2.52 bits per heavy atom. The molecule has 1 aliphatic heterocycles. The zero-order valence-corrected chi connectivity index (χ0v) is 18.8. The van der Waals surface area contributed by atoms with Gasteiger partial charge in [-0.2, -0.15) is 0 Å². The summed E-state index contributed by atoms with van der Waals surface area (Å²) in [4.78, 5) is 17.8. The molecule has 6 nitrogen and oxygen atoms in total. The van der Waals surface area contributed by atoms with Gasteiger partial charge in [0.15, 0.2) is 17.3 Å². The number of aromatic nitrogens is 1. The van der Waals surface area contributed by atoms with Crippen LogP contribution >= 0.6 is 0 Å². The third kappa shape index (κ3) is 4.04. The van der Waals surface area contributed by atoms with Gasteiger partial charge in [-0.25, -0.2) is 0 Å². The molecule has 0 fully saturated rings. The average molecular weight is 442 g/mol. The summed E-state index contributed by atoms with van der Waals surface area (Å²) in [5, 5.41) is 7.17. The smallest absolute Gasteiger partial charge is 0.163 e. The Kier molecular flexibility index (Phi) is 5.73. The predicted molar refractivity (Wildman–Crippen MR) is 129 cm³/mol. The topological polar surface area (TPSA) is 72.5 Å². The van der Waals surface area contributed by atoms with Crippen LogP contribution in [0, 0.1) is 0 Å². The fourth-order valence-corrected chi connectivity index (χ4v) is 4.75. The number of Topliss-reactive ketones (excluding diaryl/α,β-unsaturated/α-hetero) is 1. The lowest BCUT2D eigenvalue weighted by Gasteiger charge is -2.30. The van der Waals surface area contributed by atoms with Crippen LogP contribution in [0.15, 0.2) is 78.3 Å². The van der Waals surface area contributed by atoms with Crippen molar-refractivity contribution in [2.24, 2.45) is 0 Å². The summed E-state index contributed by atoms with van der Waals surface area (Å²) >= 11 is 0. The number of pyridine rings is 1. The lowest BCUT2D eigenvalue weighted by Crippen LogP contribution is -2.26. The minimum absolute atomic E-state index is 0.0525. The molecular weight excluding hydrogens is 414 g/mol. The summed E-state index contributed by atoms with van der Waals surface area (Å²) in [6.45, 7) is 2.52. The lowest BCUT2D eigenvalue weighted by atomic mass is 9.78. The zero-order chi connectivity index (χ0) is 22.8. The third-order valence-corrected chi connectivity index (χ3v) is 6.31. The summed E-state index contributed by atoms with van der Waals surface area (Å²) < 4.78 is 11.2. The minimum atomic E-state index is -0.234. The van der Waals surface area contributed by atoms with E-state index in [1.54, 1.807) is 19.5 Å². The number of anilines is 2. The highest BCUT2D eigenvalue weighted by molar-refractivity contribution is 6.01. The first-order valence-corrected chi connectivity index (χ1v) is 11.3. The van der Waals surface area contributed by atoms with Crippen LogP contribution in [0.4, 0.5) is 11.4 Å². The van der Waals surface area contributed by atoms with Crippen molar-refractivity contribution in [2.75, 3.05) is 24.4 Å². The Morgan fingerprint density at radius 2 is 1.76 bits per heavy atom. The molecule has 1 aromatic heterocycles. The number of hydrogen-bond acceptors (Lipinski definition) is 6. The largest absolute Gasteiger partial charge is 0.493 e. The van der Waals surface area contributed by atoms with Crippen molar-refractivity contribution in [3.05, 3.63) is 89.4 Å². The van der Waals surface area contributed by atoms with Crippen LogP contribution < -0.4 is 20.1 Å². The Bertz CT molecular complexity index is 1210. The van der Waals surface area contributed by atoms with Crippen molar-refractivity contribution in [1.82, 2.24) is 4.98 Å². The van der Waals surface area contributed by atoms with Crippen molar-refractivity contribution < 1.29 is 14.3 Å². The molecule has 0 amide bonds. The maximum absolute atomic E-state index is 13.6. The third-order valence-electron chi connectivity index (χ3n) is 6.31. The molecule has 2 aromatic carbocycles. The van der Waals surface area contributed by atoms with Gasteiger partial charge in [0.2, 0.25) is 0 Å². The van der Waals surface area contributed by atoms with Crippen LogP contribution in [0.2, 0.25) is 0 Å². The zero-order valence-electron chi connectivity index (χ0n) is 18.8. The number of para-hydroxylation sites is 2. The predicted octanol–water partition coefficient (Wildman–Crippen LogP) is 5.47. The molecule has 2 N–H and O–H groups in total. The Labute approximate surface area is 193 Å². The van der Waals surface area contributed by atoms with Crippen molar-refractivity contribution in [3.8, 4) is 11.5 Å². The van der Waals surface area contributed by atoms with Crippen LogP contribution in [0.1, 0.15) is 42.9 Å². The van der Waals surface area contributed by atoms with E-state index < -0.39 is 0 Å². The van der Waals surface area contributed by atoms with Crippen molar-refractivity contribution >= 4 is 17.2 Å². The molecule has 0 bridgehead atoms. The summed E-state index contributed by atoms with van der Waals surface area (Å²) in [5.74, 6) is 1.60. The van der Waals surface area contributed by atoms with Crippen LogP contribution in [0.3, 0.4) is 0 Å². The van der Waals surface area contributed by atoms with E-state index in [-0.39, 0.29) is 17.7 Å². The van der Waals surface area contributed by atoms with E-state index in [0.29, 0.717) is 24.5 Å². The molecule has 2 aliphatic rings. The molecule has 168 valence electrons. The van der Waals surface area contributed by atoms with Gasteiger partial charge in [-0.1, -0.05) is 18.2 Å². The first-order chi connectivity index (χ1) is 16.2. The van der Waals surface area contributed by atoms with E-state index in [0.717, 1.165) is 40.2 Å². The number of carbonyl (C=O) groups is 1. The Morgan fingerprint density at radius 1 is 0.970 bits per heavy atom. The summed E-state index contributed by atoms with van der Waals surface area (Å²) in [6.07, 6.45) is 4.71. The number of hydrogen-bond donors (Lipinski definition) is 2. The Hall–Kier alpha value is -3.80. The second-order valence-electron chi connectivity index (χ2n) is 8.29. The minimum Gasteiger partial charge on any atom is -0.493 e. The maximum Gasteiger partial charge on any atom is 0.163 e. The number of fused-ring (bicyclic) bond motifs is 1. The number of ketones is 1. The lowest BCUT2D eigenvalue weighted by molar-refractivity contribution is -0.116. The fourth-order valence-electron chi connectivity index (χ4n) is 4.75. The molecule has 0 saturated heterocycles. The van der Waals surface area contributed by atoms with E-state index in [2.05, 4.69) is 15.6 Å². The van der Waals surface area contributed by atoms with E-state index in [4.69, 9.17) is 9.47 Å². The molecule has 0 saturated carbocycles. The average Bonchev–Trinajstić information content (AvgIpc) is 3.02. The van der Waals surface area contributed by atoms with Gasteiger partial charge < -0.3 is 20.1 Å². The van der Waals surface area contributed by atoms with Gasteiger partial charge in [0.1, 0.15) is 0 Å². The van der Waals surface area contributed by atoms with Gasteiger partial charge in [-0.3, -0.25) is 9.78 Å². The number of carbonyl (C=O) groups excluding carboxylic acids is 1. The van der Waals surface area contributed by atoms with Crippen LogP contribution in [-0.4, -0.2) is 24.5 Å². The number of ether oxygens (including phenoxy) is 2.